The van der Waals surface area contributed by atoms with Crippen LogP contribution in [0.2, 0.25) is 0 Å². The Morgan fingerprint density at radius 1 is 1.00 bits per heavy atom. The largest absolute Gasteiger partial charge is 0.478 e. The average Bonchev–Trinajstić information content (AvgIpc) is 2.55. The molecule has 0 aliphatic heterocycles. The van der Waals surface area contributed by atoms with E-state index in [9.17, 15) is 9.59 Å². The van der Waals surface area contributed by atoms with Crippen LogP contribution in [0.5, 0.6) is 5.75 Å². The van der Waals surface area contributed by atoms with E-state index in [2.05, 4.69) is 24.5 Å². The van der Waals surface area contributed by atoms with Gasteiger partial charge in [0.1, 0.15) is 5.75 Å². The number of benzene rings is 2. The number of carboxylic acids is 1. The number of anilines is 1. The fraction of sp³-hybridized carbons (Fsp3) is 0.263. The monoisotopic (exact) mass is 342 g/mol. The van der Waals surface area contributed by atoms with Crippen molar-refractivity contribution >= 4 is 17.7 Å². The Bertz CT molecular complexity index is 741. The zero-order valence-corrected chi connectivity index (χ0v) is 14.4. The summed E-state index contributed by atoms with van der Waals surface area (Å²) >= 11 is 0. The quantitative estimate of drug-likeness (QED) is 0.691. The van der Waals surface area contributed by atoms with Gasteiger partial charge < -0.3 is 20.5 Å². The number of hydrogen-bond acceptors (Lipinski definition) is 3. The van der Waals surface area contributed by atoms with Gasteiger partial charge in [0.15, 0.2) is 6.23 Å². The van der Waals surface area contributed by atoms with Crippen molar-refractivity contribution in [2.24, 2.45) is 0 Å². The Kier molecular flexibility index (Phi) is 6.00. The Labute approximate surface area is 146 Å². The van der Waals surface area contributed by atoms with Gasteiger partial charge in [-0.1, -0.05) is 32.0 Å². The van der Waals surface area contributed by atoms with Crippen LogP contribution in [-0.4, -0.2) is 23.3 Å². The minimum Gasteiger partial charge on any atom is -0.478 e. The maximum Gasteiger partial charge on any atom is 0.335 e. The maximum absolute atomic E-state index is 12.0. The first-order valence-electron chi connectivity index (χ1n) is 8.03. The number of carbonyl (C=O) groups excluding carboxylic acids is 1. The number of aromatic carboxylic acids is 1. The van der Waals surface area contributed by atoms with E-state index >= 15 is 0 Å². The Morgan fingerprint density at radius 2 is 1.64 bits per heavy atom. The molecule has 2 aromatic rings. The average molecular weight is 342 g/mol. The Hall–Kier alpha value is -3.02. The minimum absolute atomic E-state index is 0.160. The number of hydrogen-bond donors (Lipinski definition) is 3. The summed E-state index contributed by atoms with van der Waals surface area (Å²) in [6.07, 6.45) is -0.529. The van der Waals surface area contributed by atoms with Gasteiger partial charge in [-0.05, 0) is 48.7 Å². The molecule has 6 nitrogen and oxygen atoms in total. The number of urea groups is 1. The van der Waals surface area contributed by atoms with Gasteiger partial charge >= 0.3 is 12.0 Å². The van der Waals surface area contributed by atoms with Gasteiger partial charge in [-0.3, -0.25) is 0 Å². The van der Waals surface area contributed by atoms with Crippen molar-refractivity contribution in [1.29, 1.82) is 0 Å². The number of rotatable bonds is 6. The lowest BCUT2D eigenvalue weighted by molar-refractivity contribution is 0.0697. The molecule has 0 fully saturated rings. The van der Waals surface area contributed by atoms with Crippen molar-refractivity contribution in [3.05, 3.63) is 59.7 Å². The number of nitrogens with one attached hydrogen (secondary N) is 2. The van der Waals surface area contributed by atoms with Gasteiger partial charge in [0.2, 0.25) is 0 Å². The molecule has 2 rings (SSSR count). The lowest BCUT2D eigenvalue weighted by atomic mass is 10.0. The van der Waals surface area contributed by atoms with Crippen LogP contribution in [0.3, 0.4) is 0 Å². The molecule has 0 aromatic heterocycles. The molecule has 3 N–H and O–H groups in total. The molecule has 25 heavy (non-hydrogen) atoms. The van der Waals surface area contributed by atoms with Crippen LogP contribution in [0.15, 0.2) is 48.5 Å². The molecule has 6 heteroatoms. The van der Waals surface area contributed by atoms with Crippen LogP contribution in [0.1, 0.15) is 42.6 Å². The maximum atomic E-state index is 12.0. The van der Waals surface area contributed by atoms with E-state index in [-0.39, 0.29) is 5.56 Å². The summed E-state index contributed by atoms with van der Waals surface area (Å²) in [4.78, 5) is 22.8. The van der Waals surface area contributed by atoms with Gasteiger partial charge in [-0.25, -0.2) is 9.59 Å². The summed E-state index contributed by atoms with van der Waals surface area (Å²) in [5.74, 6) is 0.0305. The fourth-order valence-electron chi connectivity index (χ4n) is 2.33. The molecule has 0 radical (unpaired) electrons. The minimum atomic E-state index is -1.01. The third kappa shape index (κ3) is 5.24. The molecule has 0 heterocycles. The van der Waals surface area contributed by atoms with E-state index in [1.54, 1.807) is 6.92 Å². The van der Waals surface area contributed by atoms with Crippen LogP contribution in [0, 0.1) is 0 Å². The van der Waals surface area contributed by atoms with E-state index in [0.29, 0.717) is 11.6 Å². The molecule has 0 aliphatic carbocycles. The van der Waals surface area contributed by atoms with Crippen molar-refractivity contribution < 1.29 is 19.4 Å². The first-order valence-corrected chi connectivity index (χ1v) is 8.03. The van der Waals surface area contributed by atoms with E-state index in [0.717, 1.165) is 11.3 Å². The van der Waals surface area contributed by atoms with Crippen LogP contribution in [0.25, 0.3) is 0 Å². The first kappa shape index (κ1) is 18.3. The second-order valence-corrected chi connectivity index (χ2v) is 5.93. The van der Waals surface area contributed by atoms with E-state index in [1.165, 1.54) is 24.3 Å². The van der Waals surface area contributed by atoms with Crippen LogP contribution >= 0.6 is 0 Å². The van der Waals surface area contributed by atoms with Gasteiger partial charge in [-0.2, -0.15) is 0 Å². The van der Waals surface area contributed by atoms with Crippen molar-refractivity contribution in [3.63, 3.8) is 0 Å². The van der Waals surface area contributed by atoms with Crippen molar-refractivity contribution in [2.75, 3.05) is 5.32 Å². The van der Waals surface area contributed by atoms with Crippen LogP contribution in [-0.2, 0) is 0 Å². The third-order valence-electron chi connectivity index (χ3n) is 3.57. The van der Waals surface area contributed by atoms with Gasteiger partial charge in [0.25, 0.3) is 0 Å². The molecule has 1 unspecified atom stereocenters. The first-order chi connectivity index (χ1) is 11.9. The van der Waals surface area contributed by atoms with Crippen molar-refractivity contribution in [3.8, 4) is 5.75 Å². The van der Waals surface area contributed by atoms with E-state index in [1.807, 2.05) is 24.3 Å². The van der Waals surface area contributed by atoms with Crippen molar-refractivity contribution in [2.45, 2.75) is 32.9 Å². The summed E-state index contributed by atoms with van der Waals surface area (Å²) in [7, 11) is 0. The summed E-state index contributed by atoms with van der Waals surface area (Å²) in [6, 6.07) is 13.2. The Morgan fingerprint density at radius 3 is 2.24 bits per heavy atom. The number of carboxylic acid groups (broad SMARTS) is 1. The molecule has 2 amide bonds. The highest BCUT2D eigenvalue weighted by Gasteiger charge is 2.13. The van der Waals surface area contributed by atoms with Gasteiger partial charge in [0.05, 0.1) is 5.56 Å². The predicted molar refractivity (Wildman–Crippen MR) is 96.2 cm³/mol. The van der Waals surface area contributed by atoms with E-state index < -0.39 is 18.2 Å². The lowest BCUT2D eigenvalue weighted by Crippen LogP contribution is -2.39. The second kappa shape index (κ2) is 8.19. The van der Waals surface area contributed by atoms with Gasteiger partial charge in [0, 0.05) is 5.69 Å². The molecule has 0 bridgehead atoms. The molecule has 0 saturated heterocycles. The molecule has 0 spiro atoms. The molecule has 132 valence electrons. The molecular formula is C19H22N2O4. The van der Waals surface area contributed by atoms with Gasteiger partial charge in [-0.15, -0.1) is 0 Å². The molecular weight excluding hydrogens is 320 g/mol. The third-order valence-corrected chi connectivity index (χ3v) is 3.57. The predicted octanol–water partition coefficient (Wildman–Crippen LogP) is 4.05. The summed E-state index contributed by atoms with van der Waals surface area (Å²) in [5.41, 5.74) is 1.73. The highest BCUT2D eigenvalue weighted by atomic mass is 16.5. The lowest BCUT2D eigenvalue weighted by Gasteiger charge is -2.20. The zero-order chi connectivity index (χ0) is 18.4. The number of ether oxygens (including phenoxy) is 1. The standard InChI is InChI=1S/C19H22N2O4/c1-12(2)16-6-4-5-7-17(16)25-13(3)20-19(24)21-15-10-8-14(9-11-15)18(22)23/h4-13H,1-3H3,(H,22,23)(H2,20,21,24). The normalized spacial score (nSPS) is 11.7. The van der Waals surface area contributed by atoms with Crippen LogP contribution in [0.4, 0.5) is 10.5 Å². The van der Waals surface area contributed by atoms with E-state index in [4.69, 9.17) is 9.84 Å². The fourth-order valence-corrected chi connectivity index (χ4v) is 2.33. The SMILES string of the molecule is CC(NC(=O)Nc1ccc(C(=O)O)cc1)Oc1ccccc1C(C)C. The highest BCUT2D eigenvalue weighted by Crippen LogP contribution is 2.26. The summed E-state index contributed by atoms with van der Waals surface area (Å²) < 4.78 is 5.82. The number of para-hydroxylation sites is 1. The highest BCUT2D eigenvalue weighted by molar-refractivity contribution is 5.91. The number of carbonyl (C=O) groups is 2. The molecule has 2 aromatic carbocycles. The topological polar surface area (TPSA) is 87.7 Å². The van der Waals surface area contributed by atoms with Crippen molar-refractivity contribution in [1.82, 2.24) is 5.32 Å². The molecule has 0 saturated carbocycles. The zero-order valence-electron chi connectivity index (χ0n) is 14.4. The number of amides is 2. The van der Waals surface area contributed by atoms with Crippen LogP contribution < -0.4 is 15.4 Å². The summed E-state index contributed by atoms with van der Waals surface area (Å²) in [6.45, 7) is 5.89. The molecule has 1 atom stereocenters. The second-order valence-electron chi connectivity index (χ2n) is 5.93. The molecule has 0 aliphatic rings. The Balaban J connectivity index is 1.93. The smallest absolute Gasteiger partial charge is 0.335 e. The summed E-state index contributed by atoms with van der Waals surface area (Å²) in [5, 5.41) is 14.2.